The number of Topliss-reactive ketones (excluding diaryl/α,β-unsaturated/α-hetero) is 1. The number of fused-ring (bicyclic) bond motifs is 1. The third-order valence-electron chi connectivity index (χ3n) is 7.10. The van der Waals surface area contributed by atoms with E-state index in [-0.39, 0.29) is 34.4 Å². The summed E-state index contributed by atoms with van der Waals surface area (Å²) in [5.41, 5.74) is 1.09. The van der Waals surface area contributed by atoms with E-state index in [2.05, 4.69) is 0 Å². The van der Waals surface area contributed by atoms with Gasteiger partial charge in [-0.3, -0.25) is 19.2 Å². The number of hydrogen-bond acceptors (Lipinski definition) is 5. The lowest BCUT2D eigenvalue weighted by molar-refractivity contribution is -0.155. The first-order chi connectivity index (χ1) is 19.2. The summed E-state index contributed by atoms with van der Waals surface area (Å²) in [6.07, 6.45) is 3.82. The van der Waals surface area contributed by atoms with Gasteiger partial charge in [0, 0.05) is 38.8 Å². The highest BCUT2D eigenvalue weighted by molar-refractivity contribution is 6.45. The van der Waals surface area contributed by atoms with Gasteiger partial charge < -0.3 is 19.1 Å². The number of amides is 2. The van der Waals surface area contributed by atoms with Crippen molar-refractivity contribution in [1.82, 2.24) is 14.4 Å². The predicted octanol–water partition coefficient (Wildman–Crippen LogP) is 5.14. The summed E-state index contributed by atoms with van der Waals surface area (Å²) in [6.45, 7) is 6.12. The normalized spacial score (nSPS) is 14.3. The Kier molecular flexibility index (Phi) is 8.87. The van der Waals surface area contributed by atoms with Crippen LogP contribution in [0, 0.1) is 11.7 Å². The molecular formula is C31H35ClFN3O5. The molecule has 2 amide bonds. The zero-order chi connectivity index (χ0) is 30.1. The summed E-state index contributed by atoms with van der Waals surface area (Å²) >= 11 is 6.62. The first-order valence-corrected chi connectivity index (χ1v) is 13.9. The molecule has 10 heteroatoms. The molecular weight excluding hydrogens is 549 g/mol. The fourth-order valence-electron chi connectivity index (χ4n) is 5.08. The Hall–Kier alpha value is -3.72. The van der Waals surface area contributed by atoms with E-state index in [1.807, 2.05) is 0 Å². The molecule has 8 nitrogen and oxygen atoms in total. The van der Waals surface area contributed by atoms with Gasteiger partial charge in [-0.15, -0.1) is 0 Å². The number of nitrogens with zero attached hydrogens (tertiary/aromatic N) is 3. The summed E-state index contributed by atoms with van der Waals surface area (Å²) in [7, 11) is 2.96. The molecule has 1 aliphatic rings. The van der Waals surface area contributed by atoms with E-state index >= 15 is 0 Å². The average molecular weight is 584 g/mol. The van der Waals surface area contributed by atoms with Gasteiger partial charge in [0.15, 0.2) is 0 Å². The Morgan fingerprint density at radius 2 is 1.66 bits per heavy atom. The van der Waals surface area contributed by atoms with Gasteiger partial charge in [-0.2, -0.15) is 0 Å². The molecule has 0 unspecified atom stereocenters. The van der Waals surface area contributed by atoms with Crippen molar-refractivity contribution in [3.63, 3.8) is 0 Å². The molecule has 1 saturated heterocycles. The van der Waals surface area contributed by atoms with Gasteiger partial charge in [0.1, 0.15) is 18.0 Å². The number of aromatic nitrogens is 1. The van der Waals surface area contributed by atoms with Crippen LogP contribution in [0.5, 0.6) is 0 Å². The monoisotopic (exact) mass is 583 g/mol. The van der Waals surface area contributed by atoms with Crippen LogP contribution in [0.3, 0.4) is 0 Å². The highest BCUT2D eigenvalue weighted by Crippen LogP contribution is 2.31. The van der Waals surface area contributed by atoms with E-state index in [1.54, 1.807) is 43.9 Å². The maximum atomic E-state index is 13.6. The fraction of sp³-hybridized carbons (Fsp3) is 0.419. The molecule has 0 atom stereocenters. The molecule has 1 aromatic heterocycles. The van der Waals surface area contributed by atoms with Crippen LogP contribution < -0.4 is 0 Å². The van der Waals surface area contributed by atoms with Crippen LogP contribution >= 0.6 is 11.6 Å². The lowest BCUT2D eigenvalue weighted by Crippen LogP contribution is -2.39. The molecule has 3 aromatic rings. The fourth-order valence-corrected chi connectivity index (χ4v) is 5.32. The lowest BCUT2D eigenvalue weighted by Gasteiger charge is -2.32. The topological polar surface area (TPSA) is 88.9 Å². The zero-order valence-electron chi connectivity index (χ0n) is 24.0. The molecule has 0 radical (unpaired) electrons. The number of benzene rings is 2. The summed E-state index contributed by atoms with van der Waals surface area (Å²) in [4.78, 5) is 54.8. The van der Waals surface area contributed by atoms with E-state index in [1.165, 1.54) is 48.0 Å². The van der Waals surface area contributed by atoms with Gasteiger partial charge in [0.2, 0.25) is 0 Å². The van der Waals surface area contributed by atoms with Crippen molar-refractivity contribution >= 4 is 46.1 Å². The van der Waals surface area contributed by atoms with E-state index in [4.69, 9.17) is 16.3 Å². The molecule has 0 aliphatic carbocycles. The lowest BCUT2D eigenvalue weighted by atomic mass is 9.90. The van der Waals surface area contributed by atoms with E-state index in [0.717, 1.165) is 24.8 Å². The summed E-state index contributed by atoms with van der Waals surface area (Å²) in [5, 5.41) is 0.533. The van der Waals surface area contributed by atoms with Crippen LogP contribution in [-0.2, 0) is 27.3 Å². The smallest absolute Gasteiger partial charge is 0.326 e. The molecule has 4 rings (SSSR count). The standard InChI is InChI=1S/C31H35ClFN3O5/c1-31(2,3)41-27(37)18-36-17-24(28(38)30(40)34(4)5)22-15-23(25(32)16-26(22)36)29(39)35-12-10-20(11-13-35)14-19-6-8-21(33)9-7-19/h6-9,15-17,20H,10-14,18H2,1-5H3. The second-order valence-electron chi connectivity index (χ2n) is 11.7. The van der Waals surface area contributed by atoms with E-state index in [9.17, 15) is 23.6 Å². The summed E-state index contributed by atoms with van der Waals surface area (Å²) in [6, 6.07) is 9.57. The number of ketones is 1. The molecule has 0 bridgehead atoms. The first-order valence-electron chi connectivity index (χ1n) is 13.6. The van der Waals surface area contributed by atoms with Gasteiger partial charge in [-0.1, -0.05) is 23.7 Å². The van der Waals surface area contributed by atoms with Crippen LogP contribution in [0.2, 0.25) is 5.02 Å². The SMILES string of the molecule is CN(C)C(=O)C(=O)c1cn(CC(=O)OC(C)(C)C)c2cc(Cl)c(C(=O)N3CCC(Cc4ccc(F)cc4)CC3)cc12. The second kappa shape index (κ2) is 12.0. The Morgan fingerprint density at radius 1 is 1.02 bits per heavy atom. The van der Waals surface area contributed by atoms with Crippen molar-refractivity contribution in [3.05, 3.63) is 70.1 Å². The van der Waals surface area contributed by atoms with Gasteiger partial charge in [-0.25, -0.2) is 4.39 Å². The van der Waals surface area contributed by atoms with Gasteiger partial charge in [-0.05, 0) is 75.8 Å². The number of carbonyl (C=O) groups excluding carboxylic acids is 4. The second-order valence-corrected chi connectivity index (χ2v) is 12.1. The molecule has 0 saturated carbocycles. The van der Waals surface area contributed by atoms with Crippen molar-refractivity contribution in [2.75, 3.05) is 27.2 Å². The number of carbonyl (C=O) groups is 4. The van der Waals surface area contributed by atoms with Crippen molar-refractivity contribution in [2.45, 2.75) is 52.2 Å². The first kappa shape index (κ1) is 30.2. The zero-order valence-corrected chi connectivity index (χ0v) is 24.8. The summed E-state index contributed by atoms with van der Waals surface area (Å²) in [5.74, 6) is -2.18. The van der Waals surface area contributed by atoms with E-state index < -0.39 is 23.3 Å². The van der Waals surface area contributed by atoms with Crippen LogP contribution in [0.4, 0.5) is 4.39 Å². The highest BCUT2D eigenvalue weighted by atomic mass is 35.5. The maximum absolute atomic E-state index is 13.6. The quantitative estimate of drug-likeness (QED) is 0.218. The number of esters is 1. The Balaban J connectivity index is 1.60. The number of ether oxygens (including phenoxy) is 1. The highest BCUT2D eigenvalue weighted by Gasteiger charge is 2.29. The van der Waals surface area contributed by atoms with Crippen LogP contribution in [0.15, 0.2) is 42.6 Å². The maximum Gasteiger partial charge on any atom is 0.326 e. The van der Waals surface area contributed by atoms with Crippen molar-refractivity contribution in [2.24, 2.45) is 5.92 Å². The van der Waals surface area contributed by atoms with Crippen molar-refractivity contribution < 1.29 is 28.3 Å². The Bertz CT molecular complexity index is 1480. The Labute approximate surface area is 244 Å². The number of likely N-dealkylation sites (N-methyl/N-ethyl adjacent to an activating group) is 1. The summed E-state index contributed by atoms with van der Waals surface area (Å²) < 4.78 is 20.2. The minimum absolute atomic E-state index is 0.0750. The molecule has 2 heterocycles. The van der Waals surface area contributed by atoms with Gasteiger partial charge >= 0.3 is 5.97 Å². The predicted molar refractivity (Wildman–Crippen MR) is 155 cm³/mol. The number of rotatable bonds is 7. The molecule has 0 N–H and O–H groups in total. The average Bonchev–Trinajstić information content (AvgIpc) is 3.24. The largest absolute Gasteiger partial charge is 0.459 e. The molecule has 2 aromatic carbocycles. The third-order valence-corrected chi connectivity index (χ3v) is 7.42. The number of piperidine rings is 1. The third kappa shape index (κ3) is 7.14. The van der Waals surface area contributed by atoms with Crippen molar-refractivity contribution in [1.29, 1.82) is 0 Å². The van der Waals surface area contributed by atoms with E-state index in [0.29, 0.717) is 29.9 Å². The number of likely N-dealkylation sites (tertiary alicyclic amines) is 1. The minimum atomic E-state index is -0.759. The molecule has 0 spiro atoms. The Morgan fingerprint density at radius 3 is 2.24 bits per heavy atom. The number of halogens is 2. The van der Waals surface area contributed by atoms with Gasteiger partial charge in [0.25, 0.3) is 17.6 Å². The van der Waals surface area contributed by atoms with Crippen molar-refractivity contribution in [3.8, 4) is 0 Å². The minimum Gasteiger partial charge on any atom is -0.459 e. The number of hydrogen-bond donors (Lipinski definition) is 0. The van der Waals surface area contributed by atoms with Crippen LogP contribution in [0.1, 0.15) is 59.9 Å². The molecule has 41 heavy (non-hydrogen) atoms. The molecule has 1 aliphatic heterocycles. The van der Waals surface area contributed by atoms with Gasteiger partial charge in [0.05, 0.1) is 21.7 Å². The molecule has 1 fully saturated rings. The van der Waals surface area contributed by atoms with Crippen LogP contribution in [0.25, 0.3) is 10.9 Å². The van der Waals surface area contributed by atoms with Crippen LogP contribution in [-0.4, -0.2) is 70.7 Å². The molecule has 218 valence electrons.